The second kappa shape index (κ2) is 6.26. The Bertz CT molecular complexity index is 600. The van der Waals surface area contributed by atoms with Gasteiger partial charge in [-0.3, -0.25) is 0 Å². The van der Waals surface area contributed by atoms with Gasteiger partial charge in [0.25, 0.3) is 0 Å². The molecule has 2 aromatic carbocycles. The van der Waals surface area contributed by atoms with Crippen LogP contribution in [0.25, 0.3) is 17.2 Å². The standard InChI is InChI=1S/C17H18O3/c1-4-12-5-7-13(8-6-12)16-15(19-2)10-9-14(11-18)17(16)20-3/h4-10,18H,1,11H2,2-3H3. The van der Waals surface area contributed by atoms with Gasteiger partial charge in [-0.2, -0.15) is 0 Å². The van der Waals surface area contributed by atoms with Crippen LogP contribution < -0.4 is 9.47 Å². The Morgan fingerprint density at radius 1 is 1.05 bits per heavy atom. The summed E-state index contributed by atoms with van der Waals surface area (Å²) in [5.41, 5.74) is 3.60. The highest BCUT2D eigenvalue weighted by atomic mass is 16.5. The summed E-state index contributed by atoms with van der Waals surface area (Å²) in [4.78, 5) is 0. The number of rotatable bonds is 5. The maximum absolute atomic E-state index is 9.43. The zero-order valence-corrected chi connectivity index (χ0v) is 11.7. The molecule has 0 saturated heterocycles. The van der Waals surface area contributed by atoms with Crippen LogP contribution in [0.15, 0.2) is 43.0 Å². The van der Waals surface area contributed by atoms with Crippen LogP contribution in [-0.2, 0) is 6.61 Å². The van der Waals surface area contributed by atoms with Crippen molar-refractivity contribution < 1.29 is 14.6 Å². The molecule has 0 bridgehead atoms. The number of aliphatic hydroxyl groups is 1. The van der Waals surface area contributed by atoms with Crippen LogP contribution in [0.2, 0.25) is 0 Å². The Morgan fingerprint density at radius 2 is 1.75 bits per heavy atom. The van der Waals surface area contributed by atoms with Crippen LogP contribution in [0.5, 0.6) is 11.5 Å². The van der Waals surface area contributed by atoms with Gasteiger partial charge in [-0.15, -0.1) is 0 Å². The van der Waals surface area contributed by atoms with Crippen molar-refractivity contribution in [1.29, 1.82) is 0 Å². The fourth-order valence-electron chi connectivity index (χ4n) is 2.19. The smallest absolute Gasteiger partial charge is 0.135 e. The number of hydrogen-bond acceptors (Lipinski definition) is 3. The second-order valence-electron chi connectivity index (χ2n) is 4.32. The molecule has 1 N–H and O–H groups in total. The van der Waals surface area contributed by atoms with Gasteiger partial charge in [-0.05, 0) is 23.3 Å². The summed E-state index contributed by atoms with van der Waals surface area (Å²) in [5.74, 6) is 1.35. The first kappa shape index (κ1) is 14.2. The van der Waals surface area contributed by atoms with E-state index in [1.807, 2.05) is 30.3 Å². The number of aliphatic hydroxyl groups excluding tert-OH is 1. The minimum Gasteiger partial charge on any atom is -0.496 e. The normalized spacial score (nSPS) is 10.2. The summed E-state index contributed by atoms with van der Waals surface area (Å²) in [7, 11) is 3.21. The molecular weight excluding hydrogens is 252 g/mol. The van der Waals surface area contributed by atoms with E-state index in [-0.39, 0.29) is 6.61 Å². The molecule has 0 spiro atoms. The van der Waals surface area contributed by atoms with Gasteiger partial charge >= 0.3 is 0 Å². The predicted octanol–water partition coefficient (Wildman–Crippen LogP) is 3.51. The highest BCUT2D eigenvalue weighted by molar-refractivity contribution is 5.79. The van der Waals surface area contributed by atoms with Crippen molar-refractivity contribution in [1.82, 2.24) is 0 Å². The second-order valence-corrected chi connectivity index (χ2v) is 4.32. The monoisotopic (exact) mass is 270 g/mol. The summed E-state index contributed by atoms with van der Waals surface area (Å²) in [6.45, 7) is 3.67. The van der Waals surface area contributed by atoms with Crippen molar-refractivity contribution >= 4 is 6.08 Å². The molecule has 0 aliphatic carbocycles. The molecule has 20 heavy (non-hydrogen) atoms. The third-order valence-corrected chi connectivity index (χ3v) is 3.23. The van der Waals surface area contributed by atoms with Gasteiger partial charge in [-0.25, -0.2) is 0 Å². The summed E-state index contributed by atoms with van der Waals surface area (Å²) in [6, 6.07) is 11.6. The third kappa shape index (κ3) is 2.53. The first-order chi connectivity index (χ1) is 9.74. The topological polar surface area (TPSA) is 38.7 Å². The molecule has 0 atom stereocenters. The molecular formula is C17H18O3. The molecule has 3 nitrogen and oxygen atoms in total. The fraction of sp³-hybridized carbons (Fsp3) is 0.176. The number of hydrogen-bond donors (Lipinski definition) is 1. The maximum atomic E-state index is 9.43. The Morgan fingerprint density at radius 3 is 2.25 bits per heavy atom. The molecule has 104 valence electrons. The van der Waals surface area contributed by atoms with E-state index in [0.717, 1.165) is 22.3 Å². The first-order valence-corrected chi connectivity index (χ1v) is 6.32. The van der Waals surface area contributed by atoms with Crippen LogP contribution >= 0.6 is 0 Å². The molecule has 0 saturated carbocycles. The summed E-state index contributed by atoms with van der Waals surface area (Å²) in [5, 5.41) is 9.43. The van der Waals surface area contributed by atoms with Crippen LogP contribution in [0, 0.1) is 0 Å². The van der Waals surface area contributed by atoms with E-state index in [0.29, 0.717) is 11.5 Å². The molecule has 0 amide bonds. The van der Waals surface area contributed by atoms with Crippen molar-refractivity contribution in [3.8, 4) is 22.6 Å². The lowest BCUT2D eigenvalue weighted by molar-refractivity contribution is 0.273. The van der Waals surface area contributed by atoms with Gasteiger partial charge in [0.15, 0.2) is 0 Å². The van der Waals surface area contributed by atoms with Crippen LogP contribution in [0.4, 0.5) is 0 Å². The lowest BCUT2D eigenvalue weighted by Gasteiger charge is -2.16. The highest BCUT2D eigenvalue weighted by Gasteiger charge is 2.16. The molecule has 0 fully saturated rings. The summed E-state index contributed by atoms with van der Waals surface area (Å²) in [6.07, 6.45) is 1.79. The number of ether oxygens (including phenoxy) is 2. The van der Waals surface area contributed by atoms with Gasteiger partial charge in [-0.1, -0.05) is 36.9 Å². The van der Waals surface area contributed by atoms with Crippen LogP contribution in [0.1, 0.15) is 11.1 Å². The lowest BCUT2D eigenvalue weighted by atomic mass is 9.99. The molecule has 0 heterocycles. The zero-order chi connectivity index (χ0) is 14.5. The van der Waals surface area contributed by atoms with E-state index in [1.54, 1.807) is 26.4 Å². The van der Waals surface area contributed by atoms with Gasteiger partial charge < -0.3 is 14.6 Å². The maximum Gasteiger partial charge on any atom is 0.135 e. The predicted molar refractivity (Wildman–Crippen MR) is 81.0 cm³/mol. The highest BCUT2D eigenvalue weighted by Crippen LogP contribution is 2.40. The van der Waals surface area contributed by atoms with Crippen molar-refractivity contribution in [2.75, 3.05) is 14.2 Å². The van der Waals surface area contributed by atoms with E-state index < -0.39 is 0 Å². The van der Waals surface area contributed by atoms with Gasteiger partial charge in [0.2, 0.25) is 0 Å². The fourth-order valence-corrected chi connectivity index (χ4v) is 2.19. The Kier molecular flexibility index (Phi) is 4.43. The SMILES string of the molecule is C=Cc1ccc(-c2c(OC)ccc(CO)c2OC)cc1. The van der Waals surface area contributed by atoms with Crippen molar-refractivity contribution in [2.24, 2.45) is 0 Å². The molecule has 0 aliphatic heterocycles. The van der Waals surface area contributed by atoms with Gasteiger partial charge in [0.1, 0.15) is 11.5 Å². The van der Waals surface area contributed by atoms with E-state index in [1.165, 1.54) is 0 Å². The quantitative estimate of drug-likeness (QED) is 0.903. The largest absolute Gasteiger partial charge is 0.496 e. The van der Waals surface area contributed by atoms with Crippen LogP contribution in [-0.4, -0.2) is 19.3 Å². The van der Waals surface area contributed by atoms with E-state index in [2.05, 4.69) is 6.58 Å². The number of methoxy groups -OCH3 is 2. The molecule has 3 heteroatoms. The van der Waals surface area contributed by atoms with Gasteiger partial charge in [0.05, 0.1) is 26.4 Å². The molecule has 0 aliphatic rings. The minimum absolute atomic E-state index is 0.0785. The van der Waals surface area contributed by atoms with E-state index in [4.69, 9.17) is 9.47 Å². The van der Waals surface area contributed by atoms with E-state index >= 15 is 0 Å². The Balaban J connectivity index is 2.65. The van der Waals surface area contributed by atoms with E-state index in [9.17, 15) is 5.11 Å². The Labute approximate surface area is 119 Å². The first-order valence-electron chi connectivity index (χ1n) is 6.32. The molecule has 2 rings (SSSR count). The molecule has 0 radical (unpaired) electrons. The molecule has 0 unspecified atom stereocenters. The molecule has 0 aromatic heterocycles. The lowest BCUT2D eigenvalue weighted by Crippen LogP contribution is -1.98. The van der Waals surface area contributed by atoms with Crippen LogP contribution in [0.3, 0.4) is 0 Å². The number of benzene rings is 2. The zero-order valence-electron chi connectivity index (χ0n) is 11.7. The van der Waals surface area contributed by atoms with Crippen molar-refractivity contribution in [3.05, 3.63) is 54.1 Å². The van der Waals surface area contributed by atoms with Crippen molar-refractivity contribution in [2.45, 2.75) is 6.61 Å². The third-order valence-electron chi connectivity index (χ3n) is 3.23. The average molecular weight is 270 g/mol. The molecule has 2 aromatic rings. The average Bonchev–Trinajstić information content (AvgIpc) is 2.53. The van der Waals surface area contributed by atoms with Gasteiger partial charge in [0, 0.05) is 5.56 Å². The summed E-state index contributed by atoms with van der Waals surface area (Å²) < 4.78 is 10.9. The Hall–Kier alpha value is -2.26. The minimum atomic E-state index is -0.0785. The summed E-state index contributed by atoms with van der Waals surface area (Å²) >= 11 is 0. The van der Waals surface area contributed by atoms with Crippen molar-refractivity contribution in [3.63, 3.8) is 0 Å².